The number of aryl methyl sites for hydroxylation is 4. The van der Waals surface area contributed by atoms with Crippen LogP contribution in [0.15, 0.2) is 60.7 Å². The minimum absolute atomic E-state index is 0.00319. The normalized spacial score (nSPS) is 13.8. The van der Waals surface area contributed by atoms with E-state index in [4.69, 9.17) is 23.6 Å². The molecule has 4 aromatic carbocycles. The molecule has 0 atom stereocenters. The first kappa shape index (κ1) is 56.7. The fourth-order valence-corrected chi connectivity index (χ4v) is 9.30. The van der Waals surface area contributed by atoms with Gasteiger partial charge < -0.3 is 60.0 Å². The largest absolute Gasteiger partial charge is 0.491 e. The second kappa shape index (κ2) is 24.2. The number of carbonyl (C=O) groups excluding carboxylic acids is 7. The number of urea groups is 2. The molecular weight excluding hydrogens is 972 g/mol. The fraction of sp³-hybridized carbons (Fsp3) is 0.385. The van der Waals surface area contributed by atoms with E-state index in [9.17, 15) is 53.5 Å². The first-order chi connectivity index (χ1) is 35.3. The molecule has 0 aromatic heterocycles. The highest BCUT2D eigenvalue weighted by atomic mass is 16.7. The summed E-state index contributed by atoms with van der Waals surface area (Å²) in [6.45, 7) is 15.2. The van der Waals surface area contributed by atoms with Gasteiger partial charge in [0, 0.05) is 59.3 Å². The number of hydroxylamine groups is 2. The van der Waals surface area contributed by atoms with Gasteiger partial charge in [-0.1, -0.05) is 52.0 Å². The van der Waals surface area contributed by atoms with Crippen molar-refractivity contribution in [3.05, 3.63) is 105 Å². The van der Waals surface area contributed by atoms with Gasteiger partial charge in [0.1, 0.15) is 11.5 Å². The lowest BCUT2D eigenvalue weighted by molar-refractivity contribution is -0.198. The zero-order valence-corrected chi connectivity index (χ0v) is 43.1. The Morgan fingerprint density at radius 1 is 0.613 bits per heavy atom. The van der Waals surface area contributed by atoms with E-state index in [1.54, 1.807) is 76.2 Å². The number of carboxylic acids is 1. The molecule has 0 aliphatic carbocycles. The van der Waals surface area contributed by atoms with Crippen LogP contribution in [0.4, 0.5) is 21.0 Å². The molecule has 0 spiro atoms. The standard InChI is InChI=1S/C28H32BN3O9.C24H29BN2O7/c1-16-11-17(2)26(28(3,4)14-25(36)41-32-22(33)7-8-23(32)34)21(12-16)40-24(35)9-10-30-27(37)31-19-6-5-18-15-39-29(38)20(18)13-19;1-14-9-15(2)22(24(3,4)12-20(28)29)19(10-14)34-21(30)7-8-26-23(31)27-17-6-5-16-13-33-25(32)18(16)11-17/h5-6,11-13,38H,7-10,14-15H2,1-4H3,(H2,30,31,37);5-6,9-11,32H,7-8,12-13H2,1-4H3,(H,28,29)(H2,26,27,31). The lowest BCUT2D eigenvalue weighted by atomic mass is 9.78. The van der Waals surface area contributed by atoms with Crippen LogP contribution in [0.2, 0.25) is 0 Å². The van der Waals surface area contributed by atoms with Crippen LogP contribution in [-0.4, -0.2) is 95.3 Å². The summed E-state index contributed by atoms with van der Waals surface area (Å²) >= 11 is 0. The number of nitrogens with one attached hydrogen (secondary N) is 4. The summed E-state index contributed by atoms with van der Waals surface area (Å²) in [5, 5.41) is 39.9. The van der Waals surface area contributed by atoms with Crippen molar-refractivity contribution in [1.29, 1.82) is 0 Å². The molecule has 7 N–H and O–H groups in total. The molecule has 1 saturated heterocycles. The minimum atomic E-state index is -1.03. The Labute approximate surface area is 434 Å². The van der Waals surface area contributed by atoms with Crippen molar-refractivity contribution in [3.8, 4) is 11.5 Å². The SMILES string of the molecule is Cc1cc(C)c(C(C)(C)CC(=O)O)c(OC(=O)CCNC(=O)Nc2ccc3c(c2)B(O)OC3)c1.Cc1cc(C)c(C(C)(C)CC(=O)ON2C(=O)CCC2=O)c(OC(=O)CCNC(=O)Nc2ccc3c(c2)B(O)OC3)c1. The summed E-state index contributed by atoms with van der Waals surface area (Å²) in [4.78, 5) is 102. The van der Waals surface area contributed by atoms with E-state index in [1.165, 1.54) is 0 Å². The number of amides is 6. The first-order valence-electron chi connectivity index (χ1n) is 24.2. The van der Waals surface area contributed by atoms with Crippen molar-refractivity contribution in [2.45, 2.75) is 118 Å². The molecule has 0 unspecified atom stereocenters. The van der Waals surface area contributed by atoms with E-state index in [2.05, 4.69) is 21.3 Å². The number of nitrogens with zero attached hydrogens (tertiary/aromatic N) is 1. The van der Waals surface area contributed by atoms with Crippen LogP contribution in [0.25, 0.3) is 0 Å². The molecule has 3 aliphatic rings. The predicted octanol–water partition coefficient (Wildman–Crippen LogP) is 4.30. The molecule has 75 heavy (non-hydrogen) atoms. The van der Waals surface area contributed by atoms with Crippen LogP contribution in [0.5, 0.6) is 11.5 Å². The number of hydrogen-bond donors (Lipinski definition) is 7. The van der Waals surface area contributed by atoms with Gasteiger partial charge in [-0.15, -0.1) is 5.06 Å². The highest BCUT2D eigenvalue weighted by Crippen LogP contribution is 2.40. The fourth-order valence-electron chi connectivity index (χ4n) is 9.30. The third-order valence-corrected chi connectivity index (χ3v) is 12.4. The average molecular weight is 1030 g/mol. The van der Waals surface area contributed by atoms with Crippen molar-refractivity contribution < 1.29 is 77.1 Å². The third-order valence-electron chi connectivity index (χ3n) is 12.4. The van der Waals surface area contributed by atoms with Gasteiger partial charge >= 0.3 is 50.2 Å². The van der Waals surface area contributed by atoms with Crippen molar-refractivity contribution in [2.75, 3.05) is 23.7 Å². The maximum atomic E-state index is 12.7. The van der Waals surface area contributed by atoms with Gasteiger partial charge in [0.05, 0.1) is 38.9 Å². The van der Waals surface area contributed by atoms with E-state index in [-0.39, 0.29) is 57.4 Å². The monoisotopic (exact) mass is 1030 g/mol. The number of ether oxygens (including phenoxy) is 2. The van der Waals surface area contributed by atoms with Gasteiger partial charge in [0.2, 0.25) is 0 Å². The zero-order chi connectivity index (χ0) is 54.9. The highest BCUT2D eigenvalue weighted by Gasteiger charge is 2.37. The van der Waals surface area contributed by atoms with Gasteiger partial charge in [0.25, 0.3) is 11.8 Å². The maximum absolute atomic E-state index is 12.7. The zero-order valence-electron chi connectivity index (χ0n) is 43.1. The Hall–Kier alpha value is -7.59. The van der Waals surface area contributed by atoms with Crippen molar-refractivity contribution in [1.82, 2.24) is 15.7 Å². The first-order valence-corrected chi connectivity index (χ1v) is 24.2. The minimum Gasteiger partial charge on any atom is -0.481 e. The molecule has 0 bridgehead atoms. The van der Waals surface area contributed by atoms with Crippen LogP contribution in [0.3, 0.4) is 0 Å². The smallest absolute Gasteiger partial charge is 0.481 e. The Kier molecular flexibility index (Phi) is 18.3. The molecule has 23 heteroatoms. The van der Waals surface area contributed by atoms with E-state index in [0.717, 1.165) is 33.4 Å². The number of hydrogen-bond acceptors (Lipinski definition) is 15. The lowest BCUT2D eigenvalue weighted by Crippen LogP contribution is -2.35. The summed E-state index contributed by atoms with van der Waals surface area (Å²) in [7, 11) is -2.04. The van der Waals surface area contributed by atoms with Gasteiger partial charge in [-0.05, 0) is 108 Å². The quantitative estimate of drug-likeness (QED) is 0.0336. The van der Waals surface area contributed by atoms with Crippen molar-refractivity contribution in [2.24, 2.45) is 0 Å². The van der Waals surface area contributed by atoms with E-state index < -0.39 is 72.8 Å². The molecule has 6 amide bonds. The molecule has 3 aliphatic heterocycles. The average Bonchev–Trinajstić information content (AvgIpc) is 3.96. The molecule has 0 radical (unpaired) electrons. The molecule has 396 valence electrons. The summed E-state index contributed by atoms with van der Waals surface area (Å²) in [6.07, 6.45) is -0.511. The Bertz CT molecular complexity index is 2890. The number of carbonyl (C=O) groups is 8. The van der Waals surface area contributed by atoms with Crippen LogP contribution < -0.4 is 41.7 Å². The summed E-state index contributed by atoms with van der Waals surface area (Å²) in [5.74, 6) is -3.38. The van der Waals surface area contributed by atoms with Gasteiger partial charge in [-0.2, -0.15) is 0 Å². The van der Waals surface area contributed by atoms with Crippen LogP contribution >= 0.6 is 0 Å². The van der Waals surface area contributed by atoms with Crippen molar-refractivity contribution in [3.63, 3.8) is 0 Å². The van der Waals surface area contributed by atoms with E-state index in [1.807, 2.05) is 39.8 Å². The Morgan fingerprint density at radius 2 is 1.03 bits per heavy atom. The highest BCUT2D eigenvalue weighted by molar-refractivity contribution is 6.62. The molecule has 3 heterocycles. The number of imide groups is 1. The second-order valence-corrected chi connectivity index (χ2v) is 19.8. The summed E-state index contributed by atoms with van der Waals surface area (Å²) < 4.78 is 21.6. The molecule has 1 fully saturated rings. The number of anilines is 2. The number of fused-ring (bicyclic) bond motifs is 2. The molecule has 4 aromatic rings. The van der Waals surface area contributed by atoms with Crippen LogP contribution in [-0.2, 0) is 67.0 Å². The molecule has 7 rings (SSSR count). The Balaban J connectivity index is 0.000000248. The second-order valence-electron chi connectivity index (χ2n) is 19.8. The number of rotatable bonds is 17. The Morgan fingerprint density at radius 3 is 1.44 bits per heavy atom. The summed E-state index contributed by atoms with van der Waals surface area (Å²) in [6, 6.07) is 16.4. The number of aliphatic carboxylic acids is 1. The number of esters is 2. The van der Waals surface area contributed by atoms with Crippen molar-refractivity contribution >= 4 is 84.3 Å². The predicted molar refractivity (Wildman–Crippen MR) is 274 cm³/mol. The third kappa shape index (κ3) is 15.0. The van der Waals surface area contributed by atoms with Gasteiger partial charge in [-0.25, -0.2) is 14.4 Å². The van der Waals surface area contributed by atoms with Gasteiger partial charge in [-0.3, -0.25) is 24.0 Å². The number of carboxylic acid groups (broad SMARTS) is 1. The van der Waals surface area contributed by atoms with E-state index >= 15 is 0 Å². The van der Waals surface area contributed by atoms with E-state index in [0.29, 0.717) is 57.5 Å². The topological polar surface area (TPSA) is 295 Å². The molecule has 0 saturated carbocycles. The number of benzene rings is 4. The van der Waals surface area contributed by atoms with Gasteiger partial charge in [0.15, 0.2) is 0 Å². The van der Waals surface area contributed by atoms with Crippen LogP contribution in [0, 0.1) is 27.7 Å². The molecule has 21 nitrogen and oxygen atoms in total. The van der Waals surface area contributed by atoms with Crippen LogP contribution in [0.1, 0.15) is 111 Å². The lowest BCUT2D eigenvalue weighted by Gasteiger charge is -2.29. The summed E-state index contributed by atoms with van der Waals surface area (Å²) in [5.41, 5.74) is 6.83. The molecular formula is C52H61B2N5O16. The maximum Gasteiger partial charge on any atom is 0.491 e.